The number of aliphatic carboxylic acids is 1. The van der Waals surface area contributed by atoms with Gasteiger partial charge in [-0.2, -0.15) is 0 Å². The van der Waals surface area contributed by atoms with E-state index in [0.717, 1.165) is 0 Å². The molecule has 0 saturated heterocycles. The Labute approximate surface area is 204 Å². The normalized spacial score (nSPS) is 14.0. The number of guanidine groups is 1. The second kappa shape index (κ2) is 17.0. The highest BCUT2D eigenvalue weighted by Gasteiger charge is 2.28. The number of primary amides is 1. The molecule has 0 aromatic carbocycles. The van der Waals surface area contributed by atoms with Crippen LogP contribution in [0.4, 0.5) is 0 Å². The molecule has 4 atom stereocenters. The number of carboxylic acid groups (broad SMARTS) is 1. The summed E-state index contributed by atoms with van der Waals surface area (Å²) in [5.41, 5.74) is 26.9. The van der Waals surface area contributed by atoms with Crippen LogP contribution in [0.25, 0.3) is 0 Å². The predicted octanol–water partition coefficient (Wildman–Crippen LogP) is -3.68. The Morgan fingerprint density at radius 2 is 1.46 bits per heavy atom. The minimum absolute atomic E-state index is 0.0691. The van der Waals surface area contributed by atoms with E-state index in [1.165, 1.54) is 6.92 Å². The number of rotatable bonds is 18. The molecule has 0 aliphatic heterocycles. The summed E-state index contributed by atoms with van der Waals surface area (Å²) in [6.45, 7) is 2.05. The number of nitrogens with zero attached hydrogens (tertiary/aromatic N) is 1. The maximum absolute atomic E-state index is 12.8. The smallest absolute Gasteiger partial charge is 0.326 e. The van der Waals surface area contributed by atoms with Gasteiger partial charge in [0.15, 0.2) is 5.96 Å². The fourth-order valence-electron chi connectivity index (χ4n) is 2.91. The maximum atomic E-state index is 12.8. The lowest BCUT2D eigenvalue weighted by Gasteiger charge is -2.23. The Morgan fingerprint density at radius 3 is 2.00 bits per heavy atom. The molecule has 0 bridgehead atoms. The van der Waals surface area contributed by atoms with Gasteiger partial charge >= 0.3 is 5.97 Å². The van der Waals surface area contributed by atoms with Crippen molar-refractivity contribution in [3.63, 3.8) is 0 Å². The van der Waals surface area contributed by atoms with Gasteiger partial charge in [-0.15, -0.1) is 0 Å². The molecule has 4 unspecified atom stereocenters. The first-order valence-electron chi connectivity index (χ1n) is 11.3. The van der Waals surface area contributed by atoms with Gasteiger partial charge in [0.05, 0.1) is 6.04 Å². The van der Waals surface area contributed by atoms with Gasteiger partial charge in [-0.1, -0.05) is 0 Å². The van der Waals surface area contributed by atoms with Gasteiger partial charge in [0.25, 0.3) is 0 Å². The van der Waals surface area contributed by atoms with E-state index in [-0.39, 0.29) is 31.6 Å². The Kier molecular flexibility index (Phi) is 15.4. The van der Waals surface area contributed by atoms with Crippen molar-refractivity contribution in [2.24, 2.45) is 33.7 Å². The van der Waals surface area contributed by atoms with Crippen LogP contribution in [0.15, 0.2) is 4.99 Å². The van der Waals surface area contributed by atoms with Crippen molar-refractivity contribution in [3.8, 4) is 0 Å². The monoisotopic (exact) mass is 501 g/mol. The van der Waals surface area contributed by atoms with E-state index in [0.29, 0.717) is 32.4 Å². The zero-order chi connectivity index (χ0) is 27.0. The van der Waals surface area contributed by atoms with Gasteiger partial charge in [-0.3, -0.25) is 24.2 Å². The van der Waals surface area contributed by atoms with Crippen molar-refractivity contribution >= 4 is 35.6 Å². The van der Waals surface area contributed by atoms with Crippen LogP contribution in [0, 0.1) is 0 Å². The second-order valence-electron chi connectivity index (χ2n) is 8.04. The minimum Gasteiger partial charge on any atom is -0.480 e. The number of aliphatic imine (C=N–C) groups is 1. The molecule has 4 amide bonds. The summed E-state index contributed by atoms with van der Waals surface area (Å²) in [5, 5.41) is 16.5. The lowest BCUT2D eigenvalue weighted by molar-refractivity contribution is -0.142. The van der Waals surface area contributed by atoms with Crippen LogP contribution in [-0.4, -0.2) is 77.9 Å². The molecule has 15 nitrogen and oxygen atoms in total. The molecule has 0 aromatic rings. The topological polar surface area (TPSA) is 284 Å². The third-order valence-electron chi connectivity index (χ3n) is 4.93. The molecule has 0 aliphatic carbocycles. The van der Waals surface area contributed by atoms with Crippen molar-refractivity contribution in [2.75, 3.05) is 13.1 Å². The molecule has 35 heavy (non-hydrogen) atoms. The first kappa shape index (κ1) is 31.5. The van der Waals surface area contributed by atoms with E-state index in [9.17, 15) is 29.1 Å². The van der Waals surface area contributed by atoms with E-state index >= 15 is 0 Å². The molecule has 0 aliphatic rings. The molecule has 0 rings (SSSR count). The third kappa shape index (κ3) is 14.4. The molecule has 0 aromatic heterocycles. The van der Waals surface area contributed by atoms with Crippen LogP contribution in [0.5, 0.6) is 0 Å². The Hall–Kier alpha value is -3.46. The summed E-state index contributed by atoms with van der Waals surface area (Å²) in [4.78, 5) is 63.7. The number of carboxylic acids is 1. The average molecular weight is 502 g/mol. The molecule has 0 heterocycles. The zero-order valence-electron chi connectivity index (χ0n) is 20.0. The Morgan fingerprint density at radius 1 is 0.829 bits per heavy atom. The average Bonchev–Trinajstić information content (AvgIpc) is 2.77. The number of hydrogen-bond donors (Lipinski definition) is 9. The van der Waals surface area contributed by atoms with E-state index in [4.69, 9.17) is 28.7 Å². The van der Waals surface area contributed by atoms with E-state index in [1.807, 2.05) is 0 Å². The van der Waals surface area contributed by atoms with Gasteiger partial charge in [-0.25, -0.2) is 4.79 Å². The third-order valence-corrected chi connectivity index (χ3v) is 4.93. The van der Waals surface area contributed by atoms with Gasteiger partial charge in [0.2, 0.25) is 23.6 Å². The number of carbonyl (C=O) groups excluding carboxylic acids is 4. The van der Waals surface area contributed by atoms with Crippen molar-refractivity contribution in [1.82, 2.24) is 16.0 Å². The SMILES string of the molecule is CC(NC(=O)C(CCCCN)NC(=O)C(N)CCCN=C(N)N)C(=O)NC(CCC(N)=O)C(=O)O. The predicted molar refractivity (Wildman–Crippen MR) is 128 cm³/mol. The number of unbranched alkanes of at least 4 members (excludes halogenated alkanes) is 1. The fraction of sp³-hybridized carbons (Fsp3) is 0.700. The van der Waals surface area contributed by atoms with Crippen molar-refractivity contribution in [3.05, 3.63) is 0 Å². The number of nitrogens with one attached hydrogen (secondary N) is 3. The van der Waals surface area contributed by atoms with Gasteiger partial charge in [0, 0.05) is 13.0 Å². The standard InChI is InChI=1S/C20H39N9O6/c1-11(16(31)29-14(19(34)35)7-8-15(23)30)27-18(33)13(6-2-3-9-21)28-17(32)12(22)5-4-10-26-20(24)25/h11-14H,2-10,21-22H2,1H3,(H2,23,30)(H,27,33)(H,28,32)(H,29,31)(H,34,35)(H4,24,25,26). The summed E-state index contributed by atoms with van der Waals surface area (Å²) in [5.74, 6) is -4.11. The highest BCUT2D eigenvalue weighted by Crippen LogP contribution is 2.04. The fourth-order valence-corrected chi connectivity index (χ4v) is 2.91. The van der Waals surface area contributed by atoms with Gasteiger partial charge in [0.1, 0.15) is 18.1 Å². The highest BCUT2D eigenvalue weighted by molar-refractivity contribution is 5.94. The molecule has 0 fully saturated rings. The lowest BCUT2D eigenvalue weighted by Crippen LogP contribution is -2.56. The van der Waals surface area contributed by atoms with Crippen molar-refractivity contribution < 1.29 is 29.1 Å². The number of nitrogens with two attached hydrogens (primary N) is 5. The molecule has 0 spiro atoms. The maximum Gasteiger partial charge on any atom is 0.326 e. The zero-order valence-corrected chi connectivity index (χ0v) is 20.0. The van der Waals surface area contributed by atoms with E-state index in [1.54, 1.807) is 0 Å². The molecule has 14 N–H and O–H groups in total. The quantitative estimate of drug-likeness (QED) is 0.0503. The van der Waals surface area contributed by atoms with E-state index in [2.05, 4.69) is 20.9 Å². The molecular formula is C20H39N9O6. The number of carbonyl (C=O) groups is 5. The van der Waals surface area contributed by atoms with Crippen LogP contribution in [0.2, 0.25) is 0 Å². The highest BCUT2D eigenvalue weighted by atomic mass is 16.4. The summed E-state index contributed by atoms with van der Waals surface area (Å²) in [6.07, 6.45) is 1.69. The summed E-state index contributed by atoms with van der Waals surface area (Å²) < 4.78 is 0. The summed E-state index contributed by atoms with van der Waals surface area (Å²) >= 11 is 0. The van der Waals surface area contributed by atoms with Crippen LogP contribution in [0.1, 0.15) is 51.9 Å². The molecule has 15 heteroatoms. The molecule has 0 saturated carbocycles. The molecule has 0 radical (unpaired) electrons. The Bertz CT molecular complexity index is 757. The van der Waals surface area contributed by atoms with Gasteiger partial charge < -0.3 is 49.7 Å². The van der Waals surface area contributed by atoms with Crippen LogP contribution >= 0.6 is 0 Å². The molecular weight excluding hydrogens is 462 g/mol. The number of hydrogen-bond acceptors (Lipinski definition) is 8. The van der Waals surface area contributed by atoms with Crippen LogP contribution < -0.4 is 44.6 Å². The van der Waals surface area contributed by atoms with Gasteiger partial charge in [-0.05, 0) is 52.0 Å². The Balaban J connectivity index is 5.04. The van der Waals surface area contributed by atoms with Crippen LogP contribution in [-0.2, 0) is 24.0 Å². The molecule has 200 valence electrons. The first-order chi connectivity index (χ1) is 16.4. The largest absolute Gasteiger partial charge is 0.480 e. The van der Waals surface area contributed by atoms with E-state index < -0.39 is 53.8 Å². The van der Waals surface area contributed by atoms with Crippen molar-refractivity contribution in [2.45, 2.75) is 76.0 Å². The summed E-state index contributed by atoms with van der Waals surface area (Å²) in [6, 6.07) is -4.37. The number of amides is 4. The second-order valence-corrected chi connectivity index (χ2v) is 8.04. The lowest BCUT2D eigenvalue weighted by atomic mass is 10.1. The van der Waals surface area contributed by atoms with Crippen molar-refractivity contribution in [1.29, 1.82) is 0 Å². The van der Waals surface area contributed by atoms with Crippen LogP contribution in [0.3, 0.4) is 0 Å². The summed E-state index contributed by atoms with van der Waals surface area (Å²) in [7, 11) is 0. The minimum atomic E-state index is -1.36. The first-order valence-corrected chi connectivity index (χ1v) is 11.3.